The molecule has 0 saturated carbocycles. The largest absolute Gasteiger partial charge is 0.390 e. The van der Waals surface area contributed by atoms with Crippen LogP contribution in [-0.4, -0.2) is 43.5 Å². The third-order valence-corrected chi connectivity index (χ3v) is 2.87. The van der Waals surface area contributed by atoms with E-state index in [1.165, 1.54) is 0 Å². The minimum absolute atomic E-state index is 0.170. The highest BCUT2D eigenvalue weighted by Gasteiger charge is 2.19. The molecule has 1 fully saturated rings. The number of rotatable bonds is 5. The van der Waals surface area contributed by atoms with Gasteiger partial charge >= 0.3 is 0 Å². The quantitative estimate of drug-likeness (QED) is 0.422. The molecule has 1 aliphatic rings. The Morgan fingerprint density at radius 2 is 2.17 bits per heavy atom. The molecule has 0 atom stereocenters. The van der Waals surface area contributed by atoms with Crippen LogP contribution in [0, 0.1) is 17.2 Å². The summed E-state index contributed by atoms with van der Waals surface area (Å²) >= 11 is 0. The molecule has 1 heterocycles. The lowest BCUT2D eigenvalue weighted by molar-refractivity contribution is -0.127. The molecule has 0 aromatic heterocycles. The van der Waals surface area contributed by atoms with E-state index in [-0.39, 0.29) is 11.5 Å². The number of hydrogen-bond donors (Lipinski definition) is 2. The Hall–Kier alpha value is -1.54. The van der Waals surface area contributed by atoms with E-state index in [4.69, 9.17) is 5.26 Å². The summed E-state index contributed by atoms with van der Waals surface area (Å²) in [6.07, 6.45) is 2.57. The lowest BCUT2D eigenvalue weighted by atomic mass is 10.1. The fourth-order valence-corrected chi connectivity index (χ4v) is 1.73. The van der Waals surface area contributed by atoms with Gasteiger partial charge in [-0.2, -0.15) is 5.26 Å². The first-order valence-electron chi connectivity index (χ1n) is 6.48. The SMILES string of the molecule is CC(C)CCN/C=C(/C#N)C(=O)N1CCNCC1. The van der Waals surface area contributed by atoms with Crippen LogP contribution in [0.4, 0.5) is 0 Å². The second-order valence-corrected chi connectivity index (χ2v) is 4.85. The van der Waals surface area contributed by atoms with Crippen molar-refractivity contribution >= 4 is 5.91 Å². The van der Waals surface area contributed by atoms with E-state index in [0.29, 0.717) is 19.0 Å². The van der Waals surface area contributed by atoms with Gasteiger partial charge in [-0.05, 0) is 12.3 Å². The van der Waals surface area contributed by atoms with Crippen molar-refractivity contribution in [2.24, 2.45) is 5.92 Å². The van der Waals surface area contributed by atoms with E-state index in [1.54, 1.807) is 11.1 Å². The molecule has 100 valence electrons. The highest BCUT2D eigenvalue weighted by Crippen LogP contribution is 2.02. The first-order valence-corrected chi connectivity index (χ1v) is 6.48. The van der Waals surface area contributed by atoms with E-state index in [1.807, 2.05) is 6.07 Å². The molecule has 0 aliphatic carbocycles. The van der Waals surface area contributed by atoms with Crippen LogP contribution in [0.25, 0.3) is 0 Å². The van der Waals surface area contributed by atoms with Gasteiger partial charge in [0.1, 0.15) is 11.6 Å². The van der Waals surface area contributed by atoms with Crippen LogP contribution in [0.1, 0.15) is 20.3 Å². The number of carbonyl (C=O) groups is 1. The number of piperazine rings is 1. The molecule has 0 aromatic carbocycles. The summed E-state index contributed by atoms with van der Waals surface area (Å²) in [5, 5.41) is 15.2. The molecule has 0 spiro atoms. The normalized spacial score (nSPS) is 16.6. The number of nitriles is 1. The van der Waals surface area contributed by atoms with Crippen LogP contribution < -0.4 is 10.6 Å². The number of amides is 1. The second-order valence-electron chi connectivity index (χ2n) is 4.85. The van der Waals surface area contributed by atoms with Crippen LogP contribution in [0.5, 0.6) is 0 Å². The van der Waals surface area contributed by atoms with Gasteiger partial charge in [-0.1, -0.05) is 13.8 Å². The molecule has 5 nitrogen and oxygen atoms in total. The van der Waals surface area contributed by atoms with E-state index < -0.39 is 0 Å². The van der Waals surface area contributed by atoms with E-state index in [2.05, 4.69) is 24.5 Å². The maximum atomic E-state index is 12.0. The van der Waals surface area contributed by atoms with Crippen molar-refractivity contribution < 1.29 is 4.79 Å². The molecule has 18 heavy (non-hydrogen) atoms. The first kappa shape index (κ1) is 14.5. The lowest BCUT2D eigenvalue weighted by Crippen LogP contribution is -2.46. The summed E-state index contributed by atoms with van der Waals surface area (Å²) in [5.41, 5.74) is 0.195. The summed E-state index contributed by atoms with van der Waals surface area (Å²) in [6.45, 7) is 8.01. The predicted molar refractivity (Wildman–Crippen MR) is 70.6 cm³/mol. The summed E-state index contributed by atoms with van der Waals surface area (Å²) in [7, 11) is 0. The van der Waals surface area contributed by atoms with Crippen molar-refractivity contribution in [2.75, 3.05) is 32.7 Å². The number of nitrogens with one attached hydrogen (secondary N) is 2. The average molecular weight is 250 g/mol. The monoisotopic (exact) mass is 250 g/mol. The molecular formula is C13H22N4O. The van der Waals surface area contributed by atoms with E-state index >= 15 is 0 Å². The van der Waals surface area contributed by atoms with Gasteiger partial charge in [-0.25, -0.2) is 0 Å². The van der Waals surface area contributed by atoms with Gasteiger partial charge in [0.2, 0.25) is 0 Å². The Bertz CT molecular complexity index is 337. The fraction of sp³-hybridized carbons (Fsp3) is 0.692. The molecule has 1 aliphatic heterocycles. The average Bonchev–Trinajstić information content (AvgIpc) is 2.39. The van der Waals surface area contributed by atoms with Gasteiger partial charge in [-0.3, -0.25) is 4.79 Å². The third-order valence-electron chi connectivity index (χ3n) is 2.87. The predicted octanol–water partition coefficient (Wildman–Crippen LogP) is 0.461. The maximum Gasteiger partial charge on any atom is 0.266 e. The Morgan fingerprint density at radius 1 is 1.50 bits per heavy atom. The van der Waals surface area contributed by atoms with Crippen molar-refractivity contribution in [3.05, 3.63) is 11.8 Å². The van der Waals surface area contributed by atoms with Gasteiger partial charge in [0.25, 0.3) is 5.91 Å². The zero-order chi connectivity index (χ0) is 13.4. The molecular weight excluding hydrogens is 228 g/mol. The summed E-state index contributed by atoms with van der Waals surface area (Å²) in [6, 6.07) is 1.97. The molecule has 0 unspecified atom stereocenters. The van der Waals surface area contributed by atoms with Gasteiger partial charge < -0.3 is 15.5 Å². The standard InChI is InChI=1S/C13H22N4O/c1-11(2)3-4-16-10-12(9-14)13(18)17-7-5-15-6-8-17/h10-11,15-16H,3-8H2,1-2H3/b12-10-. The minimum atomic E-state index is -0.170. The molecule has 1 amide bonds. The number of hydrogen-bond acceptors (Lipinski definition) is 4. The number of nitrogens with zero attached hydrogens (tertiary/aromatic N) is 2. The minimum Gasteiger partial charge on any atom is -0.390 e. The van der Waals surface area contributed by atoms with Crippen molar-refractivity contribution in [3.8, 4) is 6.07 Å². The summed E-state index contributed by atoms with van der Waals surface area (Å²) in [5.74, 6) is 0.441. The van der Waals surface area contributed by atoms with Gasteiger partial charge in [0.05, 0.1) is 0 Å². The van der Waals surface area contributed by atoms with Crippen LogP contribution in [0.15, 0.2) is 11.8 Å². The topological polar surface area (TPSA) is 68.2 Å². The maximum absolute atomic E-state index is 12.0. The second kappa shape index (κ2) is 7.72. The molecule has 5 heteroatoms. The van der Waals surface area contributed by atoms with E-state index in [0.717, 1.165) is 26.1 Å². The van der Waals surface area contributed by atoms with Crippen molar-refractivity contribution in [1.82, 2.24) is 15.5 Å². The first-order chi connectivity index (χ1) is 8.65. The molecule has 0 bridgehead atoms. The Morgan fingerprint density at radius 3 is 2.72 bits per heavy atom. The van der Waals surface area contributed by atoms with Gasteiger partial charge in [0.15, 0.2) is 0 Å². The molecule has 1 rings (SSSR count). The lowest BCUT2D eigenvalue weighted by Gasteiger charge is -2.27. The van der Waals surface area contributed by atoms with Crippen molar-refractivity contribution in [3.63, 3.8) is 0 Å². The summed E-state index contributed by atoms with van der Waals surface area (Å²) < 4.78 is 0. The van der Waals surface area contributed by atoms with Crippen LogP contribution in [0.2, 0.25) is 0 Å². The Labute approximate surface area is 109 Å². The van der Waals surface area contributed by atoms with Crippen molar-refractivity contribution in [2.45, 2.75) is 20.3 Å². The van der Waals surface area contributed by atoms with Gasteiger partial charge in [-0.15, -0.1) is 0 Å². The zero-order valence-corrected chi connectivity index (χ0v) is 11.2. The smallest absolute Gasteiger partial charge is 0.266 e. The zero-order valence-electron chi connectivity index (χ0n) is 11.2. The fourth-order valence-electron chi connectivity index (χ4n) is 1.73. The van der Waals surface area contributed by atoms with E-state index in [9.17, 15) is 4.79 Å². The highest BCUT2D eigenvalue weighted by molar-refractivity contribution is 5.97. The van der Waals surface area contributed by atoms with Crippen molar-refractivity contribution in [1.29, 1.82) is 5.26 Å². The van der Waals surface area contributed by atoms with Crippen LogP contribution in [0.3, 0.4) is 0 Å². The third kappa shape index (κ3) is 4.76. The molecule has 0 radical (unpaired) electrons. The Balaban J connectivity index is 2.46. The molecule has 1 saturated heterocycles. The van der Waals surface area contributed by atoms with Gasteiger partial charge in [0, 0.05) is 38.9 Å². The van der Waals surface area contributed by atoms with Crippen LogP contribution in [-0.2, 0) is 4.79 Å². The molecule has 0 aromatic rings. The summed E-state index contributed by atoms with van der Waals surface area (Å²) in [4.78, 5) is 13.7. The Kier molecular flexibility index (Phi) is 6.23. The van der Waals surface area contributed by atoms with Crippen LogP contribution >= 0.6 is 0 Å². The number of carbonyl (C=O) groups excluding carboxylic acids is 1. The molecule has 2 N–H and O–H groups in total. The highest BCUT2D eigenvalue weighted by atomic mass is 16.2.